The van der Waals surface area contributed by atoms with E-state index in [1.165, 1.54) is 6.07 Å². The van der Waals surface area contributed by atoms with E-state index in [1.807, 2.05) is 6.07 Å². The Morgan fingerprint density at radius 3 is 2.27 bits per heavy atom. The Morgan fingerprint density at radius 1 is 1.05 bits per heavy atom. The molecule has 0 heterocycles. The fourth-order valence-electron chi connectivity index (χ4n) is 1.69. The van der Waals surface area contributed by atoms with Crippen molar-refractivity contribution in [3.8, 4) is 6.07 Å². The second-order valence-electron chi connectivity index (χ2n) is 4.01. The van der Waals surface area contributed by atoms with Gasteiger partial charge in [-0.05, 0) is 18.2 Å². The number of benzene rings is 2. The normalized spacial score (nSPS) is 9.95. The lowest BCUT2D eigenvalue weighted by Gasteiger charge is -2.15. The number of hydrogen-bond donors (Lipinski definition) is 1. The van der Waals surface area contributed by atoms with Crippen LogP contribution in [-0.4, -0.2) is 0 Å². The molecule has 3 nitrogen and oxygen atoms in total. The lowest BCUT2D eigenvalue weighted by atomic mass is 10.1. The molecule has 0 spiro atoms. The van der Waals surface area contributed by atoms with Gasteiger partial charge in [0.25, 0.3) is 0 Å². The average Bonchev–Trinajstić information content (AvgIpc) is 2.48. The van der Waals surface area contributed by atoms with Crippen molar-refractivity contribution in [1.29, 1.82) is 5.26 Å². The molecule has 0 aromatic heterocycles. The van der Waals surface area contributed by atoms with E-state index >= 15 is 0 Å². The van der Waals surface area contributed by atoms with Gasteiger partial charge in [-0.25, -0.2) is 4.85 Å². The highest BCUT2D eigenvalue weighted by Gasteiger charge is 2.22. The molecule has 0 fully saturated rings. The van der Waals surface area contributed by atoms with Crippen LogP contribution in [0.3, 0.4) is 0 Å². The van der Waals surface area contributed by atoms with Gasteiger partial charge < -0.3 is 5.32 Å². The minimum Gasteiger partial charge on any atom is -0.362 e. The molecule has 22 heavy (non-hydrogen) atoms. The number of anilines is 2. The largest absolute Gasteiger partial charge is 0.362 e. The van der Waals surface area contributed by atoms with Crippen LogP contribution in [0.4, 0.5) is 17.1 Å². The van der Waals surface area contributed by atoms with Gasteiger partial charge in [0.05, 0.1) is 43.6 Å². The van der Waals surface area contributed by atoms with Crippen LogP contribution in [0.15, 0.2) is 18.2 Å². The number of nitrogens with zero attached hydrogens (tertiary/aromatic N) is 2. The van der Waals surface area contributed by atoms with E-state index in [0.717, 1.165) is 0 Å². The Balaban J connectivity index is 2.66. The zero-order chi connectivity index (χ0) is 16.4. The van der Waals surface area contributed by atoms with Crippen LogP contribution in [0.25, 0.3) is 4.85 Å². The Morgan fingerprint density at radius 2 is 1.73 bits per heavy atom. The summed E-state index contributed by atoms with van der Waals surface area (Å²) in [5.74, 6) is 0. The molecule has 0 aliphatic heterocycles. The summed E-state index contributed by atoms with van der Waals surface area (Å²) in [6.07, 6.45) is 0. The molecule has 0 saturated carbocycles. The molecule has 1 N–H and O–H groups in total. The fraction of sp³-hybridized carbons (Fsp3) is 0. The van der Waals surface area contributed by atoms with Crippen molar-refractivity contribution in [1.82, 2.24) is 0 Å². The molecule has 2 aromatic rings. The molecule has 0 amide bonds. The molecule has 0 aliphatic rings. The average molecular weight is 391 g/mol. The van der Waals surface area contributed by atoms with Crippen LogP contribution in [-0.2, 0) is 0 Å². The molecule has 8 heteroatoms. The first kappa shape index (κ1) is 17.0. The van der Waals surface area contributed by atoms with Crippen LogP contribution in [0, 0.1) is 17.9 Å². The van der Waals surface area contributed by atoms with Crippen molar-refractivity contribution in [2.75, 3.05) is 5.32 Å². The van der Waals surface area contributed by atoms with Crippen LogP contribution in [0.1, 0.15) is 5.56 Å². The summed E-state index contributed by atoms with van der Waals surface area (Å²) in [6, 6.07) is 6.60. The van der Waals surface area contributed by atoms with Crippen molar-refractivity contribution < 1.29 is 0 Å². The smallest absolute Gasteiger partial charge is 0.231 e. The Bertz CT molecular complexity index is 849. The standard InChI is InChI=1S/C14H4Cl5N3/c1-21-13-11(18)7(5-20)10(17)12(19)14(13)22-9-3-2-6(15)4-8(9)16/h2-4,22H. The Labute approximate surface area is 151 Å². The van der Waals surface area contributed by atoms with E-state index in [9.17, 15) is 0 Å². The molecule has 0 radical (unpaired) electrons. The number of nitrogens with one attached hydrogen (secondary N) is 1. The van der Waals surface area contributed by atoms with E-state index in [1.54, 1.807) is 12.1 Å². The minimum absolute atomic E-state index is 0.0135. The van der Waals surface area contributed by atoms with E-state index in [2.05, 4.69) is 10.2 Å². The summed E-state index contributed by atoms with van der Waals surface area (Å²) in [4.78, 5) is 3.32. The zero-order valence-electron chi connectivity index (χ0n) is 10.5. The van der Waals surface area contributed by atoms with Crippen molar-refractivity contribution in [2.24, 2.45) is 0 Å². The second kappa shape index (κ2) is 6.84. The van der Waals surface area contributed by atoms with Crippen LogP contribution in [0.2, 0.25) is 25.1 Å². The lowest BCUT2D eigenvalue weighted by Crippen LogP contribution is -1.95. The fourth-order valence-corrected chi connectivity index (χ4v) is 2.93. The van der Waals surface area contributed by atoms with Crippen LogP contribution in [0.5, 0.6) is 0 Å². The molecule has 0 unspecified atom stereocenters. The molecule has 2 rings (SSSR count). The van der Waals surface area contributed by atoms with E-state index in [0.29, 0.717) is 15.7 Å². The first-order valence-electron chi connectivity index (χ1n) is 5.60. The van der Waals surface area contributed by atoms with Crippen molar-refractivity contribution in [2.45, 2.75) is 0 Å². The maximum atomic E-state index is 9.06. The summed E-state index contributed by atoms with van der Waals surface area (Å²) in [7, 11) is 0. The van der Waals surface area contributed by atoms with Gasteiger partial charge >= 0.3 is 0 Å². The third-order valence-electron chi connectivity index (χ3n) is 2.71. The summed E-state index contributed by atoms with van der Waals surface area (Å²) in [5, 5.41) is 12.7. The Kier molecular flexibility index (Phi) is 5.29. The SMILES string of the molecule is [C-]#[N+]c1c(Cl)c(C#N)c(Cl)c(Cl)c1Nc1ccc(Cl)cc1Cl. The lowest BCUT2D eigenvalue weighted by molar-refractivity contribution is 1.48. The molecular weight excluding hydrogens is 387 g/mol. The van der Waals surface area contributed by atoms with Crippen molar-refractivity contribution in [3.63, 3.8) is 0 Å². The summed E-state index contributed by atoms with van der Waals surface area (Å²) in [6.45, 7) is 7.25. The van der Waals surface area contributed by atoms with Gasteiger partial charge in [-0.2, -0.15) is 5.26 Å². The van der Waals surface area contributed by atoms with Crippen LogP contribution >= 0.6 is 58.0 Å². The molecular formula is C14H4Cl5N3. The van der Waals surface area contributed by atoms with Gasteiger partial charge in [0.2, 0.25) is 5.69 Å². The van der Waals surface area contributed by atoms with E-state index in [-0.39, 0.29) is 32.0 Å². The molecule has 0 saturated heterocycles. The highest BCUT2D eigenvalue weighted by atomic mass is 35.5. The monoisotopic (exact) mass is 389 g/mol. The van der Waals surface area contributed by atoms with Crippen LogP contribution < -0.4 is 5.32 Å². The topological polar surface area (TPSA) is 40.2 Å². The predicted molar refractivity (Wildman–Crippen MR) is 92.2 cm³/mol. The van der Waals surface area contributed by atoms with Gasteiger partial charge in [0.1, 0.15) is 6.07 Å². The minimum atomic E-state index is -0.0699. The first-order chi connectivity index (χ1) is 10.4. The molecule has 110 valence electrons. The van der Waals surface area contributed by atoms with Crippen molar-refractivity contribution in [3.05, 3.63) is 60.3 Å². The van der Waals surface area contributed by atoms with Gasteiger partial charge in [0.15, 0.2) is 0 Å². The van der Waals surface area contributed by atoms with E-state index < -0.39 is 0 Å². The van der Waals surface area contributed by atoms with Gasteiger partial charge in [0, 0.05) is 5.02 Å². The highest BCUT2D eigenvalue weighted by Crippen LogP contribution is 2.48. The quantitative estimate of drug-likeness (QED) is 0.437. The maximum Gasteiger partial charge on any atom is 0.231 e. The predicted octanol–water partition coefficient (Wildman–Crippen LogP) is 7.12. The van der Waals surface area contributed by atoms with Gasteiger partial charge in [-0.1, -0.05) is 58.0 Å². The number of rotatable bonds is 2. The molecule has 0 bridgehead atoms. The second-order valence-corrected chi connectivity index (χ2v) is 5.99. The van der Waals surface area contributed by atoms with E-state index in [4.69, 9.17) is 69.8 Å². The molecule has 2 aromatic carbocycles. The summed E-state index contributed by atoms with van der Waals surface area (Å²) >= 11 is 30.1. The van der Waals surface area contributed by atoms with Gasteiger partial charge in [-0.15, -0.1) is 0 Å². The third-order valence-corrected chi connectivity index (χ3v) is 4.48. The highest BCUT2D eigenvalue weighted by molar-refractivity contribution is 6.48. The zero-order valence-corrected chi connectivity index (χ0v) is 14.3. The number of halogens is 5. The molecule has 0 atom stereocenters. The number of hydrogen-bond acceptors (Lipinski definition) is 2. The summed E-state index contributed by atoms with van der Waals surface area (Å²) in [5.41, 5.74) is 0.579. The van der Waals surface area contributed by atoms with Gasteiger partial charge in [-0.3, -0.25) is 0 Å². The number of nitriles is 1. The maximum absolute atomic E-state index is 9.06. The Hall–Kier alpha value is -1.33. The third kappa shape index (κ3) is 3.06. The van der Waals surface area contributed by atoms with Crippen molar-refractivity contribution >= 4 is 75.1 Å². The molecule has 0 aliphatic carbocycles. The summed E-state index contributed by atoms with van der Waals surface area (Å²) < 4.78 is 0. The first-order valence-corrected chi connectivity index (χ1v) is 7.49.